The first-order valence-corrected chi connectivity index (χ1v) is 12.8. The summed E-state index contributed by atoms with van der Waals surface area (Å²) >= 11 is 4.41. The minimum absolute atomic E-state index is 1.02. The molecule has 0 atom stereocenters. The number of rotatable bonds is 3. The van der Waals surface area contributed by atoms with Gasteiger partial charge in [-0.05, 0) is 39.4 Å². The van der Waals surface area contributed by atoms with Gasteiger partial charge in [-0.1, -0.05) is 170 Å². The fourth-order valence-corrected chi connectivity index (χ4v) is 4.15. The van der Waals surface area contributed by atoms with Gasteiger partial charge in [0, 0.05) is 4.90 Å². The van der Waals surface area contributed by atoms with Gasteiger partial charge in [0.05, 0.1) is 0 Å². The molecule has 180 valence electrons. The Kier molecular flexibility index (Phi) is 9.94. The lowest BCUT2D eigenvalue weighted by Crippen LogP contribution is -1.77. The fraction of sp³-hybridized carbons (Fsp3) is 0. The van der Waals surface area contributed by atoms with Crippen molar-refractivity contribution in [2.45, 2.75) is 4.90 Å². The van der Waals surface area contributed by atoms with E-state index in [0.717, 1.165) is 4.90 Å². The molecule has 0 nitrogen and oxygen atoms in total. The van der Waals surface area contributed by atoms with Crippen molar-refractivity contribution in [3.05, 3.63) is 176 Å². The summed E-state index contributed by atoms with van der Waals surface area (Å²) in [6, 6.07) is 60.0. The van der Waals surface area contributed by atoms with E-state index >= 15 is 0 Å². The molecule has 0 fully saturated rings. The quantitative estimate of drug-likeness (QED) is 0.232. The van der Waals surface area contributed by atoms with E-state index in [1.54, 1.807) is 0 Å². The molecule has 0 aliphatic carbocycles. The van der Waals surface area contributed by atoms with Crippen LogP contribution < -0.4 is 0 Å². The highest BCUT2D eigenvalue weighted by Crippen LogP contribution is 2.25. The van der Waals surface area contributed by atoms with Gasteiger partial charge in [0.25, 0.3) is 0 Å². The van der Waals surface area contributed by atoms with Crippen molar-refractivity contribution in [1.29, 1.82) is 0 Å². The average Bonchev–Trinajstić information content (AvgIpc) is 3.00. The number of benzene rings is 6. The molecule has 1 heteroatoms. The van der Waals surface area contributed by atoms with Crippen LogP contribution in [0, 0.1) is 0 Å². The van der Waals surface area contributed by atoms with E-state index in [9.17, 15) is 0 Å². The Morgan fingerprint density at radius 2 is 0.486 bits per heavy atom. The number of hydrogen-bond donors (Lipinski definition) is 1. The van der Waals surface area contributed by atoms with Crippen LogP contribution in [0.4, 0.5) is 0 Å². The zero-order valence-electron chi connectivity index (χ0n) is 20.7. The van der Waals surface area contributed by atoms with E-state index in [1.165, 1.54) is 33.4 Å². The first kappa shape index (κ1) is 25.8. The molecule has 6 aromatic rings. The molecule has 0 aromatic heterocycles. The Balaban J connectivity index is 0.000000130. The third-order valence-electron chi connectivity index (χ3n) is 5.75. The molecule has 0 N–H and O–H groups in total. The van der Waals surface area contributed by atoms with Crippen LogP contribution in [-0.4, -0.2) is 0 Å². The third kappa shape index (κ3) is 8.10. The van der Waals surface area contributed by atoms with Crippen molar-refractivity contribution in [2.24, 2.45) is 0 Å². The van der Waals surface area contributed by atoms with E-state index in [2.05, 4.69) is 128 Å². The van der Waals surface area contributed by atoms with Gasteiger partial charge in [0.1, 0.15) is 0 Å². The van der Waals surface area contributed by atoms with Crippen LogP contribution in [0.2, 0.25) is 0 Å². The Bertz CT molecular complexity index is 1280. The summed E-state index contributed by atoms with van der Waals surface area (Å²) in [7, 11) is 0. The summed E-state index contributed by atoms with van der Waals surface area (Å²) in [4.78, 5) is 1.02. The van der Waals surface area contributed by atoms with Crippen molar-refractivity contribution in [2.75, 3.05) is 0 Å². The SMILES string of the molecule is Sc1ccccc1-c1ccccc1.c1ccc(-c2ccccc2)cc1.c1ccc(-c2ccccc2)cc1. The molecule has 0 aliphatic heterocycles. The topological polar surface area (TPSA) is 0 Å². The second-order valence-electron chi connectivity index (χ2n) is 8.35. The minimum Gasteiger partial charge on any atom is -0.143 e. The van der Waals surface area contributed by atoms with Crippen molar-refractivity contribution >= 4 is 12.6 Å². The molecule has 0 bridgehead atoms. The molecule has 6 aromatic carbocycles. The van der Waals surface area contributed by atoms with Crippen LogP contribution in [0.1, 0.15) is 0 Å². The minimum atomic E-state index is 1.02. The summed E-state index contributed by atoms with van der Waals surface area (Å²) in [6.07, 6.45) is 0. The van der Waals surface area contributed by atoms with Gasteiger partial charge in [0.15, 0.2) is 0 Å². The third-order valence-corrected chi connectivity index (χ3v) is 6.14. The van der Waals surface area contributed by atoms with Crippen molar-refractivity contribution in [3.8, 4) is 33.4 Å². The largest absolute Gasteiger partial charge is 0.143 e. The van der Waals surface area contributed by atoms with Gasteiger partial charge in [-0.2, -0.15) is 0 Å². The van der Waals surface area contributed by atoms with Crippen molar-refractivity contribution in [1.82, 2.24) is 0 Å². The van der Waals surface area contributed by atoms with E-state index in [-0.39, 0.29) is 0 Å². The number of hydrogen-bond acceptors (Lipinski definition) is 1. The summed E-state index contributed by atoms with van der Waals surface area (Å²) in [6.45, 7) is 0. The average molecular weight is 495 g/mol. The molecule has 0 aliphatic rings. The van der Waals surface area contributed by atoms with Crippen molar-refractivity contribution in [3.63, 3.8) is 0 Å². The van der Waals surface area contributed by atoms with Crippen molar-refractivity contribution < 1.29 is 0 Å². The monoisotopic (exact) mass is 494 g/mol. The lowest BCUT2D eigenvalue weighted by molar-refractivity contribution is 1.46. The second-order valence-corrected chi connectivity index (χ2v) is 8.83. The lowest BCUT2D eigenvalue weighted by Gasteiger charge is -2.03. The highest BCUT2D eigenvalue weighted by molar-refractivity contribution is 7.80. The van der Waals surface area contributed by atoms with Crippen LogP contribution >= 0.6 is 12.6 Å². The lowest BCUT2D eigenvalue weighted by atomic mass is 10.1. The summed E-state index contributed by atoms with van der Waals surface area (Å²) < 4.78 is 0. The maximum absolute atomic E-state index is 4.41. The van der Waals surface area contributed by atoms with Gasteiger partial charge in [0.2, 0.25) is 0 Å². The smallest absolute Gasteiger partial charge is 0.0119 e. The predicted octanol–water partition coefficient (Wildman–Crippen LogP) is 10.3. The summed E-state index contributed by atoms with van der Waals surface area (Å²) in [5.41, 5.74) is 7.51. The van der Waals surface area contributed by atoms with Crippen LogP contribution in [0.5, 0.6) is 0 Å². The molecule has 0 unspecified atom stereocenters. The van der Waals surface area contributed by atoms with Gasteiger partial charge in [-0.3, -0.25) is 0 Å². The molecule has 0 amide bonds. The molecule has 0 heterocycles. The first-order chi connectivity index (χ1) is 18.3. The summed E-state index contributed by atoms with van der Waals surface area (Å²) in [5.74, 6) is 0. The molecular weight excluding hydrogens is 464 g/mol. The highest BCUT2D eigenvalue weighted by atomic mass is 32.1. The Morgan fingerprint density at radius 3 is 0.784 bits per heavy atom. The van der Waals surface area contributed by atoms with E-state index in [4.69, 9.17) is 0 Å². The molecule has 37 heavy (non-hydrogen) atoms. The van der Waals surface area contributed by atoms with Crippen LogP contribution in [0.3, 0.4) is 0 Å². The maximum atomic E-state index is 4.41. The van der Waals surface area contributed by atoms with Gasteiger partial charge in [-0.25, -0.2) is 0 Å². The van der Waals surface area contributed by atoms with Crippen LogP contribution in [-0.2, 0) is 0 Å². The van der Waals surface area contributed by atoms with Crippen LogP contribution in [0.15, 0.2) is 181 Å². The predicted molar refractivity (Wildman–Crippen MR) is 163 cm³/mol. The Hall–Kier alpha value is -4.33. The molecule has 0 saturated carbocycles. The number of thiol groups is 1. The summed E-state index contributed by atoms with van der Waals surface area (Å²) in [5, 5.41) is 0. The highest BCUT2D eigenvalue weighted by Gasteiger charge is 1.98. The standard InChI is InChI=1S/C12H10S.2C12H10/c13-12-9-5-4-8-11(12)10-6-2-1-3-7-10;2*1-3-7-11(8-4-1)12-9-5-2-6-10-12/h1-9,13H;2*1-10H. The second kappa shape index (κ2) is 14.3. The fourth-order valence-electron chi connectivity index (χ4n) is 3.86. The molecule has 0 saturated heterocycles. The van der Waals surface area contributed by atoms with E-state index in [0.29, 0.717) is 0 Å². The van der Waals surface area contributed by atoms with E-state index < -0.39 is 0 Å². The van der Waals surface area contributed by atoms with Gasteiger partial charge < -0.3 is 0 Å². The zero-order valence-corrected chi connectivity index (χ0v) is 21.6. The maximum Gasteiger partial charge on any atom is 0.0119 e. The molecular formula is C36H30S. The zero-order chi connectivity index (χ0) is 25.5. The van der Waals surface area contributed by atoms with E-state index in [1.807, 2.05) is 60.7 Å². The van der Waals surface area contributed by atoms with Gasteiger partial charge in [-0.15, -0.1) is 12.6 Å². The first-order valence-electron chi connectivity index (χ1n) is 12.4. The van der Waals surface area contributed by atoms with Gasteiger partial charge >= 0.3 is 0 Å². The Labute approximate surface area is 226 Å². The normalized spacial score (nSPS) is 9.76. The van der Waals surface area contributed by atoms with Crippen LogP contribution in [0.25, 0.3) is 33.4 Å². The molecule has 0 radical (unpaired) electrons. The Morgan fingerprint density at radius 1 is 0.243 bits per heavy atom. The molecule has 0 spiro atoms. The molecule has 6 rings (SSSR count).